The second-order valence-electron chi connectivity index (χ2n) is 8.37. The number of pyridine rings is 1. The molecular weight excluding hydrogens is 472 g/mol. The highest BCUT2D eigenvalue weighted by Gasteiger charge is 2.33. The van der Waals surface area contributed by atoms with E-state index in [1.165, 1.54) is 27.7 Å². The van der Waals surface area contributed by atoms with Crippen molar-refractivity contribution in [1.82, 2.24) is 9.47 Å². The predicted molar refractivity (Wildman–Crippen MR) is 129 cm³/mol. The van der Waals surface area contributed by atoms with Crippen molar-refractivity contribution < 1.29 is 27.8 Å². The van der Waals surface area contributed by atoms with Gasteiger partial charge in [-0.2, -0.15) is 0 Å². The SMILES string of the molecule is COc1ccc(C2CC(Oc3ccn(-c4ccc(S(C)(=O)=O)cc4)c(=O)c3)CCN2C(=O)O)cc1. The van der Waals surface area contributed by atoms with Crippen LogP contribution in [0.1, 0.15) is 24.4 Å². The number of piperidine rings is 1. The highest BCUT2D eigenvalue weighted by atomic mass is 32.2. The third kappa shape index (κ3) is 5.48. The summed E-state index contributed by atoms with van der Waals surface area (Å²) in [6, 6.07) is 16.0. The van der Waals surface area contributed by atoms with Gasteiger partial charge < -0.3 is 19.5 Å². The van der Waals surface area contributed by atoms with Crippen LogP contribution in [-0.4, -0.2) is 55.1 Å². The number of sulfone groups is 1. The van der Waals surface area contributed by atoms with E-state index in [0.29, 0.717) is 36.6 Å². The van der Waals surface area contributed by atoms with Gasteiger partial charge in [-0.1, -0.05) is 12.1 Å². The van der Waals surface area contributed by atoms with Gasteiger partial charge in [0.25, 0.3) is 5.56 Å². The van der Waals surface area contributed by atoms with Crippen LogP contribution < -0.4 is 15.0 Å². The Hall–Kier alpha value is -3.79. The number of aromatic nitrogens is 1. The van der Waals surface area contributed by atoms with Crippen LogP contribution in [0.5, 0.6) is 11.5 Å². The van der Waals surface area contributed by atoms with E-state index in [9.17, 15) is 23.1 Å². The minimum absolute atomic E-state index is 0.174. The van der Waals surface area contributed by atoms with Crippen LogP contribution in [0.4, 0.5) is 4.79 Å². The van der Waals surface area contributed by atoms with Gasteiger partial charge in [0.15, 0.2) is 9.84 Å². The van der Waals surface area contributed by atoms with Gasteiger partial charge in [0.2, 0.25) is 0 Å². The van der Waals surface area contributed by atoms with Crippen molar-refractivity contribution in [2.75, 3.05) is 19.9 Å². The average molecular weight is 499 g/mol. The highest BCUT2D eigenvalue weighted by Crippen LogP contribution is 2.33. The molecule has 1 amide bonds. The van der Waals surface area contributed by atoms with Crippen LogP contribution in [-0.2, 0) is 9.84 Å². The number of hydrogen-bond acceptors (Lipinski definition) is 6. The van der Waals surface area contributed by atoms with Crippen molar-refractivity contribution in [2.45, 2.75) is 29.9 Å². The van der Waals surface area contributed by atoms with E-state index in [-0.39, 0.29) is 22.6 Å². The fourth-order valence-electron chi connectivity index (χ4n) is 4.20. The van der Waals surface area contributed by atoms with Gasteiger partial charge in [0.1, 0.15) is 17.6 Å². The molecule has 1 saturated heterocycles. The molecular formula is C25H26N2O7S. The van der Waals surface area contributed by atoms with Crippen molar-refractivity contribution in [3.8, 4) is 17.2 Å². The van der Waals surface area contributed by atoms with E-state index >= 15 is 0 Å². The molecule has 0 radical (unpaired) electrons. The maximum absolute atomic E-state index is 12.7. The van der Waals surface area contributed by atoms with Crippen molar-refractivity contribution in [3.05, 3.63) is 82.8 Å². The van der Waals surface area contributed by atoms with E-state index < -0.39 is 15.9 Å². The largest absolute Gasteiger partial charge is 0.497 e. The summed E-state index contributed by atoms with van der Waals surface area (Å²) in [5, 5.41) is 9.67. The van der Waals surface area contributed by atoms with Crippen molar-refractivity contribution in [2.24, 2.45) is 0 Å². The number of nitrogens with zero attached hydrogens (tertiary/aromatic N) is 2. The van der Waals surface area contributed by atoms with Gasteiger partial charge >= 0.3 is 6.09 Å². The molecule has 0 saturated carbocycles. The Labute approximate surface area is 203 Å². The molecule has 2 unspecified atom stereocenters. The Bertz CT molecular complexity index is 1370. The zero-order valence-electron chi connectivity index (χ0n) is 19.3. The number of amides is 1. The van der Waals surface area contributed by atoms with E-state index in [1.807, 2.05) is 12.1 Å². The molecule has 9 nitrogen and oxygen atoms in total. The van der Waals surface area contributed by atoms with E-state index in [4.69, 9.17) is 9.47 Å². The number of carbonyl (C=O) groups is 1. The lowest BCUT2D eigenvalue weighted by Crippen LogP contribution is -2.43. The minimum Gasteiger partial charge on any atom is -0.497 e. The lowest BCUT2D eigenvalue weighted by Gasteiger charge is -2.38. The summed E-state index contributed by atoms with van der Waals surface area (Å²) in [4.78, 5) is 26.1. The first-order valence-electron chi connectivity index (χ1n) is 11.0. The van der Waals surface area contributed by atoms with Crippen LogP contribution >= 0.6 is 0 Å². The topological polar surface area (TPSA) is 115 Å². The van der Waals surface area contributed by atoms with Crippen molar-refractivity contribution in [1.29, 1.82) is 0 Å². The zero-order valence-corrected chi connectivity index (χ0v) is 20.1. The summed E-state index contributed by atoms with van der Waals surface area (Å²) >= 11 is 0. The second kappa shape index (κ2) is 9.83. The molecule has 35 heavy (non-hydrogen) atoms. The molecule has 4 rings (SSSR count). The Morgan fingerprint density at radius 3 is 2.29 bits per heavy atom. The number of benzene rings is 2. The molecule has 184 valence electrons. The maximum Gasteiger partial charge on any atom is 0.407 e. The summed E-state index contributed by atoms with van der Waals surface area (Å²) in [5.74, 6) is 1.08. The van der Waals surface area contributed by atoms with Crippen molar-refractivity contribution in [3.63, 3.8) is 0 Å². The third-order valence-electron chi connectivity index (χ3n) is 6.04. The number of carboxylic acid groups (broad SMARTS) is 1. The quantitative estimate of drug-likeness (QED) is 0.553. The van der Waals surface area contributed by atoms with Gasteiger partial charge in [0.05, 0.1) is 18.0 Å². The monoisotopic (exact) mass is 498 g/mol. The molecule has 1 aromatic heterocycles. The number of methoxy groups -OCH3 is 1. The molecule has 3 aromatic rings. The molecule has 10 heteroatoms. The van der Waals surface area contributed by atoms with Gasteiger partial charge in [-0.25, -0.2) is 13.2 Å². The highest BCUT2D eigenvalue weighted by molar-refractivity contribution is 7.90. The predicted octanol–water partition coefficient (Wildman–Crippen LogP) is 3.51. The molecule has 0 spiro atoms. The molecule has 2 aromatic carbocycles. The summed E-state index contributed by atoms with van der Waals surface area (Å²) < 4.78 is 36.0. The minimum atomic E-state index is -3.33. The molecule has 1 fully saturated rings. The van der Waals surface area contributed by atoms with E-state index in [2.05, 4.69) is 0 Å². The number of rotatable bonds is 6. The Balaban J connectivity index is 1.51. The molecule has 2 atom stereocenters. The molecule has 0 aliphatic carbocycles. The van der Waals surface area contributed by atoms with E-state index in [1.54, 1.807) is 43.6 Å². The average Bonchev–Trinajstić information content (AvgIpc) is 2.83. The van der Waals surface area contributed by atoms with Crippen LogP contribution in [0.15, 0.2) is 76.6 Å². The van der Waals surface area contributed by atoms with Crippen molar-refractivity contribution >= 4 is 15.9 Å². The Morgan fingerprint density at radius 2 is 1.71 bits per heavy atom. The Morgan fingerprint density at radius 1 is 1.03 bits per heavy atom. The van der Waals surface area contributed by atoms with Crippen LogP contribution in [0.3, 0.4) is 0 Å². The van der Waals surface area contributed by atoms with Gasteiger partial charge in [-0.3, -0.25) is 9.36 Å². The molecule has 2 heterocycles. The van der Waals surface area contributed by atoms with E-state index in [0.717, 1.165) is 11.8 Å². The summed E-state index contributed by atoms with van der Waals surface area (Å²) in [6.07, 6.45) is 2.36. The number of likely N-dealkylation sites (tertiary alicyclic amines) is 1. The zero-order chi connectivity index (χ0) is 25.2. The Kier molecular flexibility index (Phi) is 6.83. The lowest BCUT2D eigenvalue weighted by atomic mass is 9.93. The molecule has 1 aliphatic heterocycles. The van der Waals surface area contributed by atoms with Gasteiger partial charge in [-0.05, 0) is 48.0 Å². The first kappa shape index (κ1) is 24.3. The molecule has 1 N–H and O–H groups in total. The second-order valence-corrected chi connectivity index (χ2v) is 10.4. The third-order valence-corrected chi connectivity index (χ3v) is 7.17. The fraction of sp³-hybridized carbons (Fsp3) is 0.280. The maximum atomic E-state index is 12.7. The smallest absolute Gasteiger partial charge is 0.407 e. The first-order valence-corrected chi connectivity index (χ1v) is 12.9. The normalized spacial score (nSPS) is 18.2. The first-order chi connectivity index (χ1) is 16.7. The van der Waals surface area contributed by atoms with Crippen LogP contribution in [0.25, 0.3) is 5.69 Å². The molecule has 1 aliphatic rings. The summed E-state index contributed by atoms with van der Waals surface area (Å²) in [5.41, 5.74) is 1.04. The molecule has 0 bridgehead atoms. The summed E-state index contributed by atoms with van der Waals surface area (Å²) in [7, 11) is -1.76. The number of hydrogen-bond donors (Lipinski definition) is 1. The van der Waals surface area contributed by atoms with Gasteiger partial charge in [0, 0.05) is 43.6 Å². The number of ether oxygens (including phenoxy) is 2. The van der Waals surface area contributed by atoms with Crippen LogP contribution in [0, 0.1) is 0 Å². The van der Waals surface area contributed by atoms with Gasteiger partial charge in [-0.15, -0.1) is 0 Å². The standard InChI is InChI=1S/C25H26N2O7S/c1-33-19-7-3-17(4-8-19)23-15-20(12-14-27(23)25(29)30)34-21-11-13-26(24(28)16-21)18-5-9-22(10-6-18)35(2,31)32/h3-11,13,16,20,23H,12,14-15H2,1-2H3,(H,29,30). The summed E-state index contributed by atoms with van der Waals surface area (Å²) in [6.45, 7) is 0.306. The fourth-order valence-corrected chi connectivity index (χ4v) is 4.84. The van der Waals surface area contributed by atoms with Crippen LogP contribution in [0.2, 0.25) is 0 Å². The lowest BCUT2D eigenvalue weighted by molar-refractivity contribution is 0.0538.